The van der Waals surface area contributed by atoms with Crippen molar-refractivity contribution in [2.45, 2.75) is 11.7 Å². The zero-order valence-corrected chi connectivity index (χ0v) is 15.5. The first-order valence-electron chi connectivity index (χ1n) is 8.24. The smallest absolute Gasteiger partial charge is 0.321 e. The lowest BCUT2D eigenvalue weighted by molar-refractivity contribution is -0.122. The number of carbonyl (C=O) groups is 2. The maximum atomic E-state index is 13.3. The molecular weight excluding hydrogens is 412 g/mol. The molecule has 0 saturated heterocycles. The Labute approximate surface area is 166 Å². The van der Waals surface area contributed by atoms with Crippen LogP contribution in [0.1, 0.15) is 6.55 Å². The lowest BCUT2D eigenvalue weighted by Gasteiger charge is -2.08. The molecule has 2 amide bonds. The lowest BCUT2D eigenvalue weighted by Crippen LogP contribution is -2.34. The van der Waals surface area contributed by atoms with Crippen molar-refractivity contribution in [2.24, 2.45) is 0 Å². The van der Waals surface area contributed by atoms with Gasteiger partial charge in [0.2, 0.25) is 11.8 Å². The topological polar surface area (TPSA) is 76.0 Å². The van der Waals surface area contributed by atoms with Crippen molar-refractivity contribution >= 4 is 40.3 Å². The summed E-state index contributed by atoms with van der Waals surface area (Å²) in [5, 5.41) is 4.59. The molecule has 0 aliphatic carbocycles. The minimum absolute atomic E-state index is 0.0254. The number of nitrogens with zero attached hydrogens (tertiary/aromatic N) is 2. The Balaban J connectivity index is 1.53. The summed E-state index contributed by atoms with van der Waals surface area (Å²) in [6, 6.07) is 9.19. The number of benzene rings is 2. The van der Waals surface area contributed by atoms with E-state index in [1.165, 1.54) is 12.1 Å². The standard InChI is InChI=1S/C18H14F4N4O2S/c19-11-6-5-10(7-12(11)20)24-15(27)8-23-16(28)9-29-18-25-13-3-1-2-4-14(13)26(18)17(21)22/h1-7,17H,8-9H2,(H,23,28)(H,24,27). The van der Waals surface area contributed by atoms with Crippen LogP contribution >= 0.6 is 11.8 Å². The van der Waals surface area contributed by atoms with Gasteiger partial charge in [-0.3, -0.25) is 14.2 Å². The van der Waals surface area contributed by atoms with E-state index in [2.05, 4.69) is 15.6 Å². The number of amides is 2. The highest BCUT2D eigenvalue weighted by Gasteiger charge is 2.19. The summed E-state index contributed by atoms with van der Waals surface area (Å²) in [6.07, 6.45) is 0. The number of hydrogen-bond donors (Lipinski definition) is 2. The van der Waals surface area contributed by atoms with E-state index >= 15 is 0 Å². The van der Waals surface area contributed by atoms with Gasteiger partial charge in [-0.25, -0.2) is 13.8 Å². The fraction of sp³-hybridized carbons (Fsp3) is 0.167. The van der Waals surface area contributed by atoms with Crippen molar-refractivity contribution < 1.29 is 27.2 Å². The van der Waals surface area contributed by atoms with Gasteiger partial charge >= 0.3 is 6.55 Å². The number of thioether (sulfide) groups is 1. The van der Waals surface area contributed by atoms with Crippen LogP contribution in [0.4, 0.5) is 23.2 Å². The van der Waals surface area contributed by atoms with Crippen LogP contribution in [0.5, 0.6) is 0 Å². The fourth-order valence-electron chi connectivity index (χ4n) is 2.45. The Hall–Kier alpha value is -3.08. The number of nitrogens with one attached hydrogen (secondary N) is 2. The largest absolute Gasteiger partial charge is 0.346 e. The number of alkyl halides is 2. The molecule has 1 aromatic heterocycles. The second-order valence-corrected chi connectivity index (χ2v) is 6.72. The predicted molar refractivity (Wildman–Crippen MR) is 99.7 cm³/mol. The van der Waals surface area contributed by atoms with Crippen LogP contribution in [0, 0.1) is 11.6 Å². The summed E-state index contributed by atoms with van der Waals surface area (Å²) in [6.45, 7) is -3.25. The second kappa shape index (κ2) is 8.95. The molecule has 2 aromatic carbocycles. The molecule has 0 radical (unpaired) electrons. The van der Waals surface area contributed by atoms with E-state index in [0.29, 0.717) is 5.52 Å². The van der Waals surface area contributed by atoms with Crippen LogP contribution in [-0.4, -0.2) is 33.7 Å². The Morgan fingerprint density at radius 3 is 2.55 bits per heavy atom. The number of para-hydroxylation sites is 2. The molecule has 0 saturated carbocycles. The number of rotatable bonds is 7. The van der Waals surface area contributed by atoms with E-state index < -0.39 is 36.5 Å². The molecule has 1 heterocycles. The molecule has 0 fully saturated rings. The highest BCUT2D eigenvalue weighted by Crippen LogP contribution is 2.28. The fourth-order valence-corrected chi connectivity index (χ4v) is 3.29. The number of halogens is 4. The van der Waals surface area contributed by atoms with Gasteiger partial charge in [0.1, 0.15) is 0 Å². The van der Waals surface area contributed by atoms with Crippen LogP contribution in [0.2, 0.25) is 0 Å². The molecule has 6 nitrogen and oxygen atoms in total. The summed E-state index contributed by atoms with van der Waals surface area (Å²) < 4.78 is 53.4. The zero-order chi connectivity index (χ0) is 21.0. The van der Waals surface area contributed by atoms with Crippen molar-refractivity contribution in [1.29, 1.82) is 0 Å². The van der Waals surface area contributed by atoms with Gasteiger partial charge in [0.25, 0.3) is 0 Å². The van der Waals surface area contributed by atoms with Gasteiger partial charge in [0.05, 0.1) is 23.3 Å². The van der Waals surface area contributed by atoms with Crippen LogP contribution in [0.25, 0.3) is 11.0 Å². The van der Waals surface area contributed by atoms with Crippen molar-refractivity contribution in [3.63, 3.8) is 0 Å². The van der Waals surface area contributed by atoms with Gasteiger partial charge in [-0.05, 0) is 24.3 Å². The normalized spacial score (nSPS) is 11.1. The molecule has 0 spiro atoms. The second-order valence-electron chi connectivity index (χ2n) is 5.77. The molecule has 2 N–H and O–H groups in total. The van der Waals surface area contributed by atoms with E-state index in [-0.39, 0.29) is 22.1 Å². The van der Waals surface area contributed by atoms with Crippen molar-refractivity contribution in [3.05, 3.63) is 54.1 Å². The highest BCUT2D eigenvalue weighted by molar-refractivity contribution is 7.99. The number of aromatic nitrogens is 2. The molecule has 0 unspecified atom stereocenters. The van der Waals surface area contributed by atoms with Crippen LogP contribution in [0.15, 0.2) is 47.6 Å². The van der Waals surface area contributed by atoms with E-state index in [9.17, 15) is 27.2 Å². The Kier molecular flexibility index (Phi) is 6.37. The number of carbonyl (C=O) groups excluding carboxylic acids is 2. The highest BCUT2D eigenvalue weighted by atomic mass is 32.2. The van der Waals surface area contributed by atoms with E-state index in [1.807, 2.05) is 0 Å². The Morgan fingerprint density at radius 1 is 1.07 bits per heavy atom. The molecular formula is C18H14F4N4O2S. The number of fused-ring (bicyclic) bond motifs is 1. The monoisotopic (exact) mass is 426 g/mol. The summed E-state index contributed by atoms with van der Waals surface area (Å²) >= 11 is 0.805. The average molecular weight is 426 g/mol. The predicted octanol–water partition coefficient (Wildman–Crippen LogP) is 3.56. The quantitative estimate of drug-likeness (QED) is 0.448. The average Bonchev–Trinajstić information content (AvgIpc) is 3.06. The summed E-state index contributed by atoms with van der Waals surface area (Å²) in [7, 11) is 0. The molecule has 0 bridgehead atoms. The first-order valence-corrected chi connectivity index (χ1v) is 9.23. The van der Waals surface area contributed by atoms with Crippen molar-refractivity contribution in [3.8, 4) is 0 Å². The molecule has 0 aliphatic rings. The molecule has 0 atom stereocenters. The first kappa shape index (κ1) is 20.6. The third kappa shape index (κ3) is 5.05. The third-order valence-electron chi connectivity index (χ3n) is 3.74. The van der Waals surface area contributed by atoms with E-state index in [0.717, 1.165) is 28.5 Å². The lowest BCUT2D eigenvalue weighted by atomic mass is 10.3. The van der Waals surface area contributed by atoms with Gasteiger partial charge in [-0.2, -0.15) is 8.78 Å². The van der Waals surface area contributed by atoms with E-state index in [1.54, 1.807) is 18.2 Å². The first-order chi connectivity index (χ1) is 13.8. The van der Waals surface area contributed by atoms with Crippen molar-refractivity contribution in [1.82, 2.24) is 14.9 Å². The van der Waals surface area contributed by atoms with Crippen LogP contribution in [-0.2, 0) is 9.59 Å². The molecule has 11 heteroatoms. The van der Waals surface area contributed by atoms with Gasteiger partial charge < -0.3 is 10.6 Å². The maximum absolute atomic E-state index is 13.3. The summed E-state index contributed by atoms with van der Waals surface area (Å²) in [5.74, 6) is -3.65. The minimum atomic E-state index is -2.82. The number of hydrogen-bond acceptors (Lipinski definition) is 4. The number of anilines is 1. The minimum Gasteiger partial charge on any atom is -0.346 e. The summed E-state index contributed by atoms with van der Waals surface area (Å²) in [4.78, 5) is 27.8. The maximum Gasteiger partial charge on any atom is 0.321 e. The molecule has 152 valence electrons. The van der Waals surface area contributed by atoms with Gasteiger partial charge in [-0.1, -0.05) is 23.9 Å². The van der Waals surface area contributed by atoms with Crippen LogP contribution < -0.4 is 10.6 Å². The van der Waals surface area contributed by atoms with Gasteiger partial charge in [0, 0.05) is 11.8 Å². The summed E-state index contributed by atoms with van der Waals surface area (Å²) in [5.41, 5.74) is 0.654. The molecule has 3 aromatic rings. The van der Waals surface area contributed by atoms with Gasteiger partial charge in [-0.15, -0.1) is 0 Å². The van der Waals surface area contributed by atoms with E-state index in [4.69, 9.17) is 0 Å². The van der Waals surface area contributed by atoms with Crippen LogP contribution in [0.3, 0.4) is 0 Å². The molecule has 29 heavy (non-hydrogen) atoms. The third-order valence-corrected chi connectivity index (χ3v) is 4.69. The molecule has 3 rings (SSSR count). The SMILES string of the molecule is O=C(CSc1nc2ccccc2n1C(F)F)NCC(=O)Nc1ccc(F)c(F)c1. The molecule has 0 aliphatic heterocycles. The zero-order valence-electron chi connectivity index (χ0n) is 14.7. The Bertz CT molecular complexity index is 1060. The Morgan fingerprint density at radius 2 is 1.83 bits per heavy atom. The van der Waals surface area contributed by atoms with Gasteiger partial charge in [0.15, 0.2) is 16.8 Å². The number of imidazole rings is 1. The van der Waals surface area contributed by atoms with Crippen molar-refractivity contribution in [2.75, 3.05) is 17.6 Å².